The van der Waals surface area contributed by atoms with Gasteiger partial charge in [0.1, 0.15) is 11.5 Å². The van der Waals surface area contributed by atoms with E-state index in [0.29, 0.717) is 16.9 Å². The molecule has 0 amide bonds. The van der Waals surface area contributed by atoms with Crippen LogP contribution < -0.4 is 10.6 Å². The fourth-order valence-electron chi connectivity index (χ4n) is 3.13. The first kappa shape index (κ1) is 22.0. The van der Waals surface area contributed by atoms with Crippen LogP contribution in [0.3, 0.4) is 0 Å². The largest absolute Gasteiger partial charge is 0.423 e. The summed E-state index contributed by atoms with van der Waals surface area (Å²) in [7, 11) is 0. The van der Waals surface area contributed by atoms with Gasteiger partial charge in [-0.05, 0) is 52.9 Å². The minimum atomic E-state index is -0.443. The third-order valence-corrected chi connectivity index (χ3v) is 4.93. The minimum Gasteiger partial charge on any atom is -0.423 e. The van der Waals surface area contributed by atoms with Crippen molar-refractivity contribution in [1.29, 1.82) is 0 Å². The van der Waals surface area contributed by atoms with Gasteiger partial charge in [-0.1, -0.05) is 63.2 Å². The molecule has 0 unspecified atom stereocenters. The first-order valence-corrected chi connectivity index (χ1v) is 10.1. The van der Waals surface area contributed by atoms with Gasteiger partial charge in [-0.2, -0.15) is 5.10 Å². The molecule has 0 saturated heterocycles. The molecular formula is C26H26N2O3. The number of ketones is 1. The molecule has 5 nitrogen and oxygen atoms in total. The molecule has 0 bridgehead atoms. The quantitative estimate of drug-likeness (QED) is 0.209. The highest BCUT2D eigenvalue weighted by atomic mass is 16.5. The van der Waals surface area contributed by atoms with Crippen LogP contribution in [0, 0.1) is 0 Å². The van der Waals surface area contributed by atoms with E-state index in [0.717, 1.165) is 11.1 Å². The van der Waals surface area contributed by atoms with Crippen molar-refractivity contribution in [2.45, 2.75) is 32.6 Å². The maximum atomic E-state index is 12.6. The van der Waals surface area contributed by atoms with Gasteiger partial charge in [-0.15, -0.1) is 0 Å². The second kappa shape index (κ2) is 9.39. The average Bonchev–Trinajstić information content (AvgIpc) is 2.75. The maximum Gasteiger partial charge on any atom is 0.343 e. The summed E-state index contributed by atoms with van der Waals surface area (Å²) in [5.41, 5.74) is 3.26. The lowest BCUT2D eigenvalue weighted by molar-refractivity contribution is -0.112. The van der Waals surface area contributed by atoms with E-state index in [1.807, 2.05) is 42.5 Å². The van der Waals surface area contributed by atoms with E-state index in [1.54, 1.807) is 36.4 Å². The summed E-state index contributed by atoms with van der Waals surface area (Å²) >= 11 is 0. The van der Waals surface area contributed by atoms with Gasteiger partial charge < -0.3 is 10.6 Å². The Morgan fingerprint density at radius 2 is 1.42 bits per heavy atom. The number of rotatable bonds is 6. The van der Waals surface area contributed by atoms with E-state index in [9.17, 15) is 9.59 Å². The molecule has 0 aliphatic rings. The predicted octanol–water partition coefficient (Wildman–Crippen LogP) is 4.68. The summed E-state index contributed by atoms with van der Waals surface area (Å²) in [4.78, 5) is 25.0. The lowest BCUT2D eigenvalue weighted by atomic mass is 9.87. The molecule has 3 aromatic rings. The van der Waals surface area contributed by atoms with E-state index in [1.165, 1.54) is 0 Å². The Balaban J connectivity index is 1.67. The van der Waals surface area contributed by atoms with Gasteiger partial charge >= 0.3 is 5.97 Å². The fraction of sp³-hybridized carbons (Fsp3) is 0.192. The Kier molecular flexibility index (Phi) is 6.65. The Hall–Kier alpha value is -3.73. The Morgan fingerprint density at radius 3 is 1.97 bits per heavy atom. The van der Waals surface area contributed by atoms with Gasteiger partial charge in [0, 0.05) is 12.0 Å². The van der Waals surface area contributed by atoms with Gasteiger partial charge in [-0.25, -0.2) is 4.79 Å². The molecule has 0 aromatic heterocycles. The Labute approximate surface area is 182 Å². The molecule has 0 heterocycles. The first-order chi connectivity index (χ1) is 14.8. The number of Topliss-reactive ketones (excluding diaryl/α,β-unsaturated/α-hetero) is 1. The third-order valence-electron chi connectivity index (χ3n) is 4.93. The van der Waals surface area contributed by atoms with Crippen LogP contribution in [0.15, 0.2) is 84.0 Å². The molecule has 2 N–H and O–H groups in total. The molecule has 31 heavy (non-hydrogen) atoms. The van der Waals surface area contributed by atoms with Crippen LogP contribution in [0.2, 0.25) is 0 Å². The lowest BCUT2D eigenvalue weighted by Gasteiger charge is -2.18. The summed E-state index contributed by atoms with van der Waals surface area (Å²) in [6, 6.07) is 23.4. The molecule has 0 radical (unpaired) electrons. The highest BCUT2D eigenvalue weighted by Crippen LogP contribution is 2.23. The van der Waals surface area contributed by atoms with E-state index in [4.69, 9.17) is 10.6 Å². The van der Waals surface area contributed by atoms with Gasteiger partial charge in [0.2, 0.25) is 0 Å². The fourth-order valence-corrected chi connectivity index (χ4v) is 3.13. The molecule has 3 aromatic carbocycles. The summed E-state index contributed by atoms with van der Waals surface area (Å²) in [5.74, 6) is 5.23. The maximum absolute atomic E-state index is 12.6. The predicted molar refractivity (Wildman–Crippen MR) is 122 cm³/mol. The van der Waals surface area contributed by atoms with Crippen molar-refractivity contribution in [3.8, 4) is 5.75 Å². The second-order valence-corrected chi connectivity index (χ2v) is 8.30. The molecule has 0 saturated carbocycles. The van der Waals surface area contributed by atoms with Crippen LogP contribution in [-0.2, 0) is 16.6 Å². The molecule has 0 spiro atoms. The number of nitrogens with two attached hydrogens (primary N) is 1. The van der Waals surface area contributed by atoms with E-state index in [-0.39, 0.29) is 23.3 Å². The van der Waals surface area contributed by atoms with Gasteiger partial charge in [0.15, 0.2) is 5.78 Å². The molecule has 158 valence electrons. The third kappa shape index (κ3) is 5.66. The zero-order valence-electron chi connectivity index (χ0n) is 18.0. The van der Waals surface area contributed by atoms with Crippen LogP contribution in [0.1, 0.15) is 47.8 Å². The molecule has 0 fully saturated rings. The highest BCUT2D eigenvalue weighted by molar-refractivity contribution is 6.46. The lowest BCUT2D eigenvalue weighted by Crippen LogP contribution is -2.19. The number of hydrogen-bond donors (Lipinski definition) is 1. The van der Waals surface area contributed by atoms with Gasteiger partial charge in [0.05, 0.1) is 5.56 Å². The smallest absolute Gasteiger partial charge is 0.343 e. The Bertz CT molecular complexity index is 1080. The van der Waals surface area contributed by atoms with Crippen LogP contribution in [0.4, 0.5) is 0 Å². The van der Waals surface area contributed by atoms with Crippen molar-refractivity contribution in [2.24, 2.45) is 10.9 Å². The number of esters is 1. The molecule has 0 atom stereocenters. The topological polar surface area (TPSA) is 81.8 Å². The zero-order valence-corrected chi connectivity index (χ0v) is 18.0. The van der Waals surface area contributed by atoms with Crippen LogP contribution in [-0.4, -0.2) is 17.5 Å². The minimum absolute atomic E-state index is 0.0124. The van der Waals surface area contributed by atoms with E-state index in [2.05, 4.69) is 25.9 Å². The van der Waals surface area contributed by atoms with E-state index < -0.39 is 5.97 Å². The number of nitrogens with zero attached hydrogens (tertiary/aromatic N) is 1. The number of carbonyl (C=O) groups excluding carboxylic acids is 2. The van der Waals surface area contributed by atoms with Crippen molar-refractivity contribution in [3.05, 3.63) is 101 Å². The van der Waals surface area contributed by atoms with Crippen LogP contribution >= 0.6 is 0 Å². The van der Waals surface area contributed by atoms with E-state index >= 15 is 0 Å². The number of hydrogen-bond acceptors (Lipinski definition) is 5. The zero-order chi connectivity index (χ0) is 22.4. The number of carbonyl (C=O) groups is 2. The molecule has 5 heteroatoms. The van der Waals surface area contributed by atoms with Crippen molar-refractivity contribution in [1.82, 2.24) is 0 Å². The normalized spacial score (nSPS) is 11.8. The second-order valence-electron chi connectivity index (χ2n) is 8.30. The van der Waals surface area contributed by atoms with Gasteiger partial charge in [0.25, 0.3) is 0 Å². The summed E-state index contributed by atoms with van der Waals surface area (Å²) in [6.45, 7) is 6.35. The summed E-state index contributed by atoms with van der Waals surface area (Å²) < 4.78 is 5.46. The number of ether oxygens (including phenoxy) is 1. The highest BCUT2D eigenvalue weighted by Gasteiger charge is 2.17. The first-order valence-electron chi connectivity index (χ1n) is 10.1. The van der Waals surface area contributed by atoms with Crippen LogP contribution in [0.5, 0.6) is 5.75 Å². The Morgan fingerprint density at radius 1 is 0.839 bits per heavy atom. The van der Waals surface area contributed by atoms with Gasteiger partial charge in [-0.3, -0.25) is 4.79 Å². The van der Waals surface area contributed by atoms with Crippen molar-refractivity contribution in [2.75, 3.05) is 0 Å². The SMILES string of the molecule is CC(C)(C)c1ccc(C(=O)Oc2ccc(/C(=N\N)C(=O)Cc3ccccc3)cc2)cc1. The van der Waals surface area contributed by atoms with Crippen LogP contribution in [0.25, 0.3) is 0 Å². The monoisotopic (exact) mass is 414 g/mol. The average molecular weight is 415 g/mol. The molecule has 0 aliphatic heterocycles. The van der Waals surface area contributed by atoms with Crippen molar-refractivity contribution in [3.63, 3.8) is 0 Å². The summed E-state index contributed by atoms with van der Waals surface area (Å²) in [5, 5.41) is 3.68. The number of hydrazone groups is 1. The number of benzene rings is 3. The van der Waals surface area contributed by atoms with Crippen molar-refractivity contribution < 1.29 is 14.3 Å². The molecule has 3 rings (SSSR count). The molecule has 0 aliphatic carbocycles. The standard InChI is InChI=1S/C26H26N2O3/c1-26(2,3)21-13-9-20(10-14-21)25(30)31-22-15-11-19(12-16-22)24(28-27)23(29)17-18-7-5-4-6-8-18/h4-16H,17,27H2,1-3H3/b28-24+. The molecular weight excluding hydrogens is 388 g/mol. The van der Waals surface area contributed by atoms with Crippen molar-refractivity contribution >= 4 is 17.5 Å². The summed E-state index contributed by atoms with van der Waals surface area (Å²) in [6.07, 6.45) is 0.207.